The molecule has 2 atom stereocenters. The molecule has 1 N–H and O–H groups in total. The Hall–Kier alpha value is -2.47. The van der Waals surface area contributed by atoms with Crippen LogP contribution in [0.5, 0.6) is 11.6 Å². The van der Waals surface area contributed by atoms with Crippen LogP contribution in [0.3, 0.4) is 0 Å². The van der Waals surface area contributed by atoms with Crippen LogP contribution in [0.15, 0.2) is 30.5 Å². The van der Waals surface area contributed by atoms with E-state index in [1.54, 1.807) is 13.3 Å². The van der Waals surface area contributed by atoms with E-state index in [9.17, 15) is 9.90 Å². The molecule has 0 amide bonds. The zero-order valence-corrected chi connectivity index (χ0v) is 20.0. The van der Waals surface area contributed by atoms with E-state index in [0.29, 0.717) is 16.8 Å². The average molecular weight is 471 g/mol. The number of aryl methyl sites for hydroxylation is 1. The second kappa shape index (κ2) is 8.71. The molecule has 33 heavy (non-hydrogen) atoms. The number of carboxylic acids is 1. The van der Waals surface area contributed by atoms with Gasteiger partial charge in [0.05, 0.1) is 29.9 Å². The maximum absolute atomic E-state index is 11.7. The summed E-state index contributed by atoms with van der Waals surface area (Å²) in [6.07, 6.45) is 7.68. The van der Waals surface area contributed by atoms with Crippen LogP contribution in [-0.4, -0.2) is 41.9 Å². The molecular formula is C26H31ClN2O4. The highest BCUT2D eigenvalue weighted by Crippen LogP contribution is 2.49. The first-order chi connectivity index (χ1) is 15.9. The smallest absolute Gasteiger partial charge is 0.306 e. The number of anilines is 1. The van der Waals surface area contributed by atoms with Crippen LogP contribution in [0.4, 0.5) is 5.69 Å². The van der Waals surface area contributed by atoms with Crippen molar-refractivity contribution in [3.05, 3.63) is 46.6 Å². The fourth-order valence-corrected chi connectivity index (χ4v) is 5.80. The molecule has 1 saturated heterocycles. The number of aliphatic carboxylic acids is 1. The van der Waals surface area contributed by atoms with Crippen molar-refractivity contribution < 1.29 is 19.4 Å². The number of hydrogen-bond donors (Lipinski definition) is 1. The van der Waals surface area contributed by atoms with Crippen LogP contribution < -0.4 is 14.4 Å². The van der Waals surface area contributed by atoms with E-state index in [1.807, 2.05) is 13.0 Å². The Bertz CT molecular complexity index is 1050. The van der Waals surface area contributed by atoms with Gasteiger partial charge in [0.1, 0.15) is 11.4 Å². The zero-order valence-electron chi connectivity index (χ0n) is 19.2. The van der Waals surface area contributed by atoms with Crippen LogP contribution in [0.1, 0.15) is 56.1 Å². The number of fused-ring (bicyclic) bond motifs is 1. The van der Waals surface area contributed by atoms with Crippen molar-refractivity contribution in [3.63, 3.8) is 0 Å². The van der Waals surface area contributed by atoms with Gasteiger partial charge in [0.15, 0.2) is 0 Å². The quantitative estimate of drug-likeness (QED) is 0.615. The Morgan fingerprint density at radius 1 is 1.27 bits per heavy atom. The van der Waals surface area contributed by atoms with Crippen molar-refractivity contribution in [2.75, 3.05) is 25.1 Å². The normalized spacial score (nSPS) is 21.1. The van der Waals surface area contributed by atoms with Gasteiger partial charge in [-0.1, -0.05) is 30.7 Å². The maximum Gasteiger partial charge on any atom is 0.306 e. The largest absolute Gasteiger partial charge is 0.487 e. The van der Waals surface area contributed by atoms with Gasteiger partial charge in [-0.3, -0.25) is 4.79 Å². The summed E-state index contributed by atoms with van der Waals surface area (Å²) in [5.74, 6) is 0.918. The Morgan fingerprint density at radius 3 is 2.70 bits per heavy atom. The highest BCUT2D eigenvalue weighted by atomic mass is 35.5. The Morgan fingerprint density at radius 2 is 2.03 bits per heavy atom. The van der Waals surface area contributed by atoms with Crippen molar-refractivity contribution in [2.24, 2.45) is 11.8 Å². The highest BCUT2D eigenvalue weighted by molar-refractivity contribution is 6.33. The van der Waals surface area contributed by atoms with Gasteiger partial charge in [0, 0.05) is 32.0 Å². The number of ether oxygens (including phenoxy) is 2. The van der Waals surface area contributed by atoms with E-state index >= 15 is 0 Å². The lowest BCUT2D eigenvalue weighted by molar-refractivity contribution is -0.142. The monoisotopic (exact) mass is 470 g/mol. The minimum atomic E-state index is -0.721. The van der Waals surface area contributed by atoms with Gasteiger partial charge in [0.25, 0.3) is 0 Å². The van der Waals surface area contributed by atoms with Crippen LogP contribution >= 0.6 is 11.6 Å². The summed E-state index contributed by atoms with van der Waals surface area (Å²) < 4.78 is 12.0. The number of benzene rings is 1. The van der Waals surface area contributed by atoms with Crippen molar-refractivity contribution in [1.29, 1.82) is 0 Å². The number of nitrogens with zero attached hydrogens (tertiary/aromatic N) is 2. The zero-order chi connectivity index (χ0) is 23.2. The van der Waals surface area contributed by atoms with Crippen molar-refractivity contribution in [2.45, 2.75) is 57.0 Å². The number of methoxy groups -OCH3 is 1. The molecule has 1 spiro atoms. The summed E-state index contributed by atoms with van der Waals surface area (Å²) >= 11 is 6.42. The molecular weight excluding hydrogens is 440 g/mol. The molecule has 1 aromatic carbocycles. The van der Waals surface area contributed by atoms with Gasteiger partial charge >= 0.3 is 5.97 Å². The van der Waals surface area contributed by atoms with E-state index in [2.05, 4.69) is 28.1 Å². The van der Waals surface area contributed by atoms with Crippen LogP contribution in [0.2, 0.25) is 5.02 Å². The minimum Gasteiger partial charge on any atom is -0.487 e. The van der Waals surface area contributed by atoms with E-state index in [4.69, 9.17) is 21.1 Å². The highest BCUT2D eigenvalue weighted by Gasteiger charge is 2.42. The molecule has 2 aliphatic heterocycles. The molecule has 7 heteroatoms. The van der Waals surface area contributed by atoms with Gasteiger partial charge in [-0.15, -0.1) is 0 Å². The van der Waals surface area contributed by atoms with E-state index in [1.165, 1.54) is 5.56 Å². The maximum atomic E-state index is 11.7. The number of carbonyl (C=O) groups is 1. The molecule has 1 saturated carbocycles. The summed E-state index contributed by atoms with van der Waals surface area (Å²) in [5, 5.41) is 10.3. The second-order valence-electron chi connectivity index (χ2n) is 9.81. The third-order valence-corrected chi connectivity index (χ3v) is 8.04. The number of halogens is 1. The Kier molecular flexibility index (Phi) is 5.89. The van der Waals surface area contributed by atoms with Crippen molar-refractivity contribution >= 4 is 23.3 Å². The molecule has 3 heterocycles. The Labute approximate surface area is 199 Å². The first-order valence-electron chi connectivity index (χ1n) is 11.9. The van der Waals surface area contributed by atoms with Crippen LogP contribution in [-0.2, 0) is 11.2 Å². The lowest BCUT2D eigenvalue weighted by atomic mass is 9.80. The molecule has 0 radical (unpaired) electrons. The second-order valence-corrected chi connectivity index (χ2v) is 10.2. The van der Waals surface area contributed by atoms with Crippen LogP contribution in [0, 0.1) is 11.8 Å². The minimum absolute atomic E-state index is 0.0555. The number of carboxylic acid groups (broad SMARTS) is 1. The summed E-state index contributed by atoms with van der Waals surface area (Å²) in [7, 11) is 1.61. The number of rotatable bonds is 6. The molecule has 0 bridgehead atoms. The summed E-state index contributed by atoms with van der Waals surface area (Å²) in [5.41, 5.74) is 3.11. The molecule has 3 aliphatic rings. The fraction of sp³-hybridized carbons (Fsp3) is 0.538. The number of pyridine rings is 1. The first kappa shape index (κ1) is 22.3. The summed E-state index contributed by atoms with van der Waals surface area (Å²) in [6.45, 7) is 3.54. The van der Waals surface area contributed by atoms with Gasteiger partial charge in [0.2, 0.25) is 5.88 Å². The standard InChI is InChI=1S/C26H31ClN2O4/c1-16(25(30)31)24(18-4-5-18)19-6-3-17-7-8-26(33-22(17)13-19)9-11-29(12-10-26)21-14-23(32-2)28-15-20(21)27/h3,6,13-16,18,24H,4-5,7-12H2,1-2H3,(H,30,31)/t16-,24-/m0/s1. The molecule has 6 nitrogen and oxygen atoms in total. The van der Waals surface area contributed by atoms with Gasteiger partial charge in [-0.05, 0) is 54.7 Å². The third-order valence-electron chi connectivity index (χ3n) is 7.75. The number of piperidine rings is 1. The molecule has 5 rings (SSSR count). The van der Waals surface area contributed by atoms with Gasteiger partial charge in [-0.2, -0.15) is 0 Å². The van der Waals surface area contributed by atoms with Gasteiger partial charge < -0.3 is 19.5 Å². The summed E-state index contributed by atoms with van der Waals surface area (Å²) in [6, 6.07) is 8.31. The van der Waals surface area contributed by atoms with E-state index in [0.717, 1.165) is 68.6 Å². The van der Waals surface area contributed by atoms with E-state index in [-0.39, 0.29) is 11.5 Å². The Balaban J connectivity index is 1.33. The van der Waals surface area contributed by atoms with Crippen molar-refractivity contribution in [1.82, 2.24) is 4.98 Å². The number of aromatic nitrogens is 1. The third kappa shape index (κ3) is 4.37. The molecule has 176 valence electrons. The average Bonchev–Trinajstić information content (AvgIpc) is 3.65. The number of hydrogen-bond acceptors (Lipinski definition) is 5. The van der Waals surface area contributed by atoms with Crippen molar-refractivity contribution in [3.8, 4) is 11.6 Å². The molecule has 2 aromatic rings. The summed E-state index contributed by atoms with van der Waals surface area (Å²) in [4.78, 5) is 18.2. The molecule has 0 unspecified atom stereocenters. The van der Waals surface area contributed by atoms with Crippen LogP contribution in [0.25, 0.3) is 0 Å². The molecule has 1 aliphatic carbocycles. The lowest BCUT2D eigenvalue weighted by Gasteiger charge is -2.45. The lowest BCUT2D eigenvalue weighted by Crippen LogP contribution is -2.50. The topological polar surface area (TPSA) is 71.9 Å². The van der Waals surface area contributed by atoms with Gasteiger partial charge in [-0.25, -0.2) is 4.98 Å². The first-order valence-corrected chi connectivity index (χ1v) is 12.3. The van der Waals surface area contributed by atoms with E-state index < -0.39 is 11.9 Å². The predicted molar refractivity (Wildman–Crippen MR) is 128 cm³/mol. The molecule has 1 aromatic heterocycles. The molecule has 2 fully saturated rings. The SMILES string of the molecule is COc1cc(N2CCC3(CCc4ccc([C@H](C5CC5)[C@H](C)C(=O)O)cc4O3)CC2)c(Cl)cn1. The predicted octanol–water partition coefficient (Wildman–Crippen LogP) is 5.32. The fourth-order valence-electron chi connectivity index (χ4n) is 5.58.